The minimum atomic E-state index is 0.128. The van der Waals surface area contributed by atoms with Crippen LogP contribution in [0.25, 0.3) is 0 Å². The monoisotopic (exact) mass is 428 g/mol. The van der Waals surface area contributed by atoms with Crippen LogP contribution < -0.4 is 30.2 Å². The lowest BCUT2D eigenvalue weighted by Crippen LogP contribution is -2.24. The number of rotatable bonds is 4. The molecule has 2 heterocycles. The van der Waals surface area contributed by atoms with Gasteiger partial charge < -0.3 is 30.2 Å². The zero-order chi connectivity index (χ0) is 22.6. The highest BCUT2D eigenvalue weighted by atomic mass is 15.3. The average molecular weight is 429 g/mol. The van der Waals surface area contributed by atoms with Crippen molar-refractivity contribution >= 4 is 34.1 Å². The van der Waals surface area contributed by atoms with Gasteiger partial charge in [-0.15, -0.1) is 0 Å². The molecule has 0 fully saturated rings. The van der Waals surface area contributed by atoms with Gasteiger partial charge in [-0.3, -0.25) is 0 Å². The van der Waals surface area contributed by atoms with Gasteiger partial charge in [-0.05, 0) is 47.5 Å². The fourth-order valence-corrected chi connectivity index (χ4v) is 4.68. The van der Waals surface area contributed by atoms with Gasteiger partial charge in [0, 0.05) is 53.7 Å². The van der Waals surface area contributed by atoms with Crippen molar-refractivity contribution in [3.63, 3.8) is 0 Å². The summed E-state index contributed by atoms with van der Waals surface area (Å²) in [6.07, 6.45) is 0.256. The fraction of sp³-hybridized carbons (Fsp3) is 0.308. The molecular weight excluding hydrogens is 396 g/mol. The SMILES string of the molecule is CN(C)c1ccc(C2Nc3cc4c(cc3N2C)N(C)C(c2ccc(N(C)C)cc2)N4)cc1. The Bertz CT molecular complexity index is 1030. The summed E-state index contributed by atoms with van der Waals surface area (Å²) in [6, 6.07) is 22.1. The van der Waals surface area contributed by atoms with Crippen LogP contribution in [0.15, 0.2) is 60.7 Å². The van der Waals surface area contributed by atoms with E-state index in [0.717, 1.165) is 11.4 Å². The van der Waals surface area contributed by atoms with Crippen LogP contribution in [0.5, 0.6) is 0 Å². The van der Waals surface area contributed by atoms with Crippen molar-refractivity contribution in [2.45, 2.75) is 12.3 Å². The summed E-state index contributed by atoms with van der Waals surface area (Å²) in [7, 11) is 12.6. The van der Waals surface area contributed by atoms with E-state index in [2.05, 4.69) is 133 Å². The molecule has 32 heavy (non-hydrogen) atoms. The first-order valence-corrected chi connectivity index (χ1v) is 11.0. The molecule has 2 aliphatic heterocycles. The predicted molar refractivity (Wildman–Crippen MR) is 138 cm³/mol. The molecule has 0 spiro atoms. The highest BCUT2D eigenvalue weighted by Gasteiger charge is 2.33. The highest BCUT2D eigenvalue weighted by molar-refractivity contribution is 5.90. The molecule has 6 nitrogen and oxygen atoms in total. The van der Waals surface area contributed by atoms with Crippen LogP contribution in [0.4, 0.5) is 34.1 Å². The number of benzene rings is 3. The number of anilines is 6. The van der Waals surface area contributed by atoms with Crippen molar-refractivity contribution in [1.82, 2.24) is 0 Å². The molecule has 0 saturated carbocycles. The number of fused-ring (bicyclic) bond motifs is 2. The summed E-state index contributed by atoms with van der Waals surface area (Å²) < 4.78 is 0. The molecule has 2 aliphatic rings. The molecule has 5 rings (SSSR count). The third kappa shape index (κ3) is 3.27. The van der Waals surface area contributed by atoms with Crippen molar-refractivity contribution in [1.29, 1.82) is 0 Å². The quantitative estimate of drug-likeness (QED) is 0.613. The van der Waals surface area contributed by atoms with Crippen LogP contribution in [0, 0.1) is 0 Å². The van der Waals surface area contributed by atoms with E-state index in [1.165, 1.54) is 33.9 Å². The number of nitrogens with zero attached hydrogens (tertiary/aromatic N) is 4. The molecule has 166 valence electrons. The standard InChI is InChI=1S/C26H32N6/c1-29(2)19-11-7-17(8-12-19)25-27-21-15-22-24(16-23(21)31(25)5)32(6)26(28-22)18-9-13-20(14-10-18)30(3)4/h7-16,25-28H,1-6H3. The van der Waals surface area contributed by atoms with Gasteiger partial charge in [0.25, 0.3) is 0 Å². The van der Waals surface area contributed by atoms with Gasteiger partial charge in [-0.1, -0.05) is 24.3 Å². The Kier molecular flexibility index (Phi) is 4.81. The minimum Gasteiger partial charge on any atom is -0.378 e. The van der Waals surface area contributed by atoms with E-state index in [9.17, 15) is 0 Å². The van der Waals surface area contributed by atoms with E-state index in [1.807, 2.05) is 0 Å². The first-order valence-electron chi connectivity index (χ1n) is 11.0. The molecule has 0 amide bonds. The van der Waals surface area contributed by atoms with Gasteiger partial charge in [0.15, 0.2) is 0 Å². The summed E-state index contributed by atoms with van der Waals surface area (Å²) >= 11 is 0. The molecule has 2 atom stereocenters. The number of nitrogens with one attached hydrogen (secondary N) is 2. The number of hydrogen-bond acceptors (Lipinski definition) is 6. The summed E-state index contributed by atoms with van der Waals surface area (Å²) in [5.41, 5.74) is 9.72. The fourth-order valence-electron chi connectivity index (χ4n) is 4.68. The van der Waals surface area contributed by atoms with Crippen LogP contribution in [0.2, 0.25) is 0 Å². The third-order valence-electron chi connectivity index (χ3n) is 6.68. The van der Waals surface area contributed by atoms with Crippen LogP contribution >= 0.6 is 0 Å². The first-order chi connectivity index (χ1) is 15.3. The largest absolute Gasteiger partial charge is 0.378 e. The Morgan fingerprint density at radius 2 is 0.969 bits per heavy atom. The second-order valence-electron chi connectivity index (χ2n) is 9.17. The Morgan fingerprint density at radius 3 is 1.31 bits per heavy atom. The second kappa shape index (κ2) is 7.55. The van der Waals surface area contributed by atoms with Crippen molar-refractivity contribution in [2.75, 3.05) is 72.5 Å². The molecular formula is C26H32N6. The van der Waals surface area contributed by atoms with Gasteiger partial charge in [0.1, 0.15) is 12.3 Å². The molecule has 0 radical (unpaired) electrons. The minimum absolute atomic E-state index is 0.128. The Morgan fingerprint density at radius 1 is 0.594 bits per heavy atom. The molecule has 0 bridgehead atoms. The van der Waals surface area contributed by atoms with E-state index < -0.39 is 0 Å². The lowest BCUT2D eigenvalue weighted by Gasteiger charge is -2.25. The van der Waals surface area contributed by atoms with Crippen molar-refractivity contribution in [3.05, 3.63) is 71.8 Å². The molecule has 0 saturated heterocycles. The molecule has 2 unspecified atom stereocenters. The molecule has 3 aromatic rings. The van der Waals surface area contributed by atoms with Gasteiger partial charge in [0.05, 0.1) is 22.7 Å². The van der Waals surface area contributed by atoms with Crippen LogP contribution in [-0.4, -0.2) is 42.3 Å². The van der Waals surface area contributed by atoms with E-state index in [0.29, 0.717) is 0 Å². The summed E-state index contributed by atoms with van der Waals surface area (Å²) in [5.74, 6) is 0. The van der Waals surface area contributed by atoms with Crippen molar-refractivity contribution < 1.29 is 0 Å². The number of hydrogen-bond donors (Lipinski definition) is 2. The molecule has 0 aromatic heterocycles. The molecule has 2 N–H and O–H groups in total. The maximum Gasteiger partial charge on any atom is 0.125 e. The molecule has 3 aromatic carbocycles. The maximum absolute atomic E-state index is 3.72. The predicted octanol–water partition coefficient (Wildman–Crippen LogP) is 4.94. The zero-order valence-electron chi connectivity index (χ0n) is 19.7. The smallest absolute Gasteiger partial charge is 0.125 e. The van der Waals surface area contributed by atoms with E-state index in [1.54, 1.807) is 0 Å². The third-order valence-corrected chi connectivity index (χ3v) is 6.68. The topological polar surface area (TPSA) is 37.0 Å². The lowest BCUT2D eigenvalue weighted by molar-refractivity contribution is 0.785. The highest BCUT2D eigenvalue weighted by Crippen LogP contribution is 2.49. The normalized spacial score (nSPS) is 18.7. The maximum atomic E-state index is 3.72. The Balaban J connectivity index is 1.39. The average Bonchev–Trinajstić information content (AvgIpc) is 3.29. The van der Waals surface area contributed by atoms with Gasteiger partial charge in [-0.2, -0.15) is 0 Å². The lowest BCUT2D eigenvalue weighted by atomic mass is 10.1. The summed E-state index contributed by atoms with van der Waals surface area (Å²) in [4.78, 5) is 8.91. The molecule has 0 aliphatic carbocycles. The van der Waals surface area contributed by atoms with Crippen LogP contribution in [-0.2, 0) is 0 Å². The van der Waals surface area contributed by atoms with Crippen molar-refractivity contribution in [2.24, 2.45) is 0 Å². The first kappa shape index (κ1) is 20.4. The van der Waals surface area contributed by atoms with E-state index in [4.69, 9.17) is 0 Å². The van der Waals surface area contributed by atoms with Gasteiger partial charge >= 0.3 is 0 Å². The molecule has 6 heteroatoms. The second-order valence-corrected chi connectivity index (χ2v) is 9.17. The Hall–Kier alpha value is -3.54. The zero-order valence-corrected chi connectivity index (χ0v) is 19.7. The van der Waals surface area contributed by atoms with Gasteiger partial charge in [-0.25, -0.2) is 0 Å². The van der Waals surface area contributed by atoms with E-state index in [-0.39, 0.29) is 12.3 Å². The Labute approximate surface area is 191 Å². The summed E-state index contributed by atoms with van der Waals surface area (Å²) in [5, 5.41) is 7.43. The van der Waals surface area contributed by atoms with Crippen LogP contribution in [0.3, 0.4) is 0 Å². The summed E-state index contributed by atoms with van der Waals surface area (Å²) in [6.45, 7) is 0. The van der Waals surface area contributed by atoms with Gasteiger partial charge in [0.2, 0.25) is 0 Å². The van der Waals surface area contributed by atoms with Crippen LogP contribution in [0.1, 0.15) is 23.5 Å². The van der Waals surface area contributed by atoms with E-state index >= 15 is 0 Å². The van der Waals surface area contributed by atoms with Crippen molar-refractivity contribution in [3.8, 4) is 0 Å².